The third-order valence-electron chi connectivity index (χ3n) is 19.5. The average Bonchev–Trinajstić information content (AvgIpc) is 3.80. The van der Waals surface area contributed by atoms with Crippen molar-refractivity contribution in [2.24, 2.45) is 75.4 Å². The Morgan fingerprint density at radius 2 is 1.67 bits per heavy atom. The molecule has 11 rings (SSSR count). The van der Waals surface area contributed by atoms with Gasteiger partial charge in [-0.15, -0.1) is 0 Å². The lowest BCUT2D eigenvalue weighted by atomic mass is 9.37. The first-order valence-corrected chi connectivity index (χ1v) is 25.5. The number of aliphatic hydroxyl groups is 4. The van der Waals surface area contributed by atoms with Crippen LogP contribution in [0.1, 0.15) is 124 Å². The van der Waals surface area contributed by atoms with Crippen molar-refractivity contribution in [2.45, 2.75) is 148 Å². The van der Waals surface area contributed by atoms with Gasteiger partial charge < -0.3 is 25.0 Å². The Balaban J connectivity index is 1.08. The molecule has 17 unspecified atom stereocenters. The van der Waals surface area contributed by atoms with Gasteiger partial charge in [0.05, 0.1) is 30.2 Å². The number of fused-ring (bicyclic) bond motifs is 10. The van der Waals surface area contributed by atoms with E-state index in [1.165, 1.54) is 38.5 Å². The van der Waals surface area contributed by atoms with Crippen LogP contribution in [0, 0.1) is 75.4 Å². The summed E-state index contributed by atoms with van der Waals surface area (Å²) in [6.07, 6.45) is 20.1. The normalized spacial score (nSPS) is 51.3. The van der Waals surface area contributed by atoms with Crippen molar-refractivity contribution in [1.29, 1.82) is 0 Å². The SMILES string of the molecule is CC1(C)CC(n2ccnc2)CSSCC2CC(C3CC4CCCC5=C4C(C1=C1CCCCC51)C3O)C1(C)CC3CCC4C(O)C(O)CC5C(=O)C=C(C3C54C)C21O. The van der Waals surface area contributed by atoms with E-state index < -0.39 is 34.7 Å². The molecule has 6 saturated carbocycles. The van der Waals surface area contributed by atoms with E-state index in [1.807, 2.05) is 40.2 Å². The van der Waals surface area contributed by atoms with Gasteiger partial charge in [0, 0.05) is 59.0 Å². The molecule has 1 saturated heterocycles. The first kappa shape index (κ1) is 38.6. The number of aliphatic hydroxyl groups excluding tert-OH is 3. The lowest BCUT2D eigenvalue weighted by Gasteiger charge is -2.68. The number of ketones is 1. The summed E-state index contributed by atoms with van der Waals surface area (Å²) in [5.74, 6) is 2.83. The van der Waals surface area contributed by atoms with Crippen LogP contribution in [0.3, 0.4) is 0 Å². The van der Waals surface area contributed by atoms with Crippen LogP contribution in [-0.4, -0.2) is 71.2 Å². The molecule has 1 aromatic heterocycles. The standard InChI is InChI=1S/C48H66N2O5S2/c1-45(2)21-28(50-15-14-49-24-50)23-57-56-22-27-17-34(32-16-25-8-7-11-30-29-9-5-6-10-31(29)42(45)40(39(25)30)43(32)53)46(3)20-26-12-13-33-44(54)38(52)18-35-37(51)19-36(48(27,46)55)41(26)47(33,35)4/h14-15,19,24-29,32-35,38,40-41,43-44,52-55H,5-13,16-18,20-23H2,1-4H3. The quantitative estimate of drug-likeness (QED) is 0.165. The maximum atomic E-state index is 14.5. The van der Waals surface area contributed by atoms with Gasteiger partial charge in [0.15, 0.2) is 5.78 Å². The first-order valence-electron chi connectivity index (χ1n) is 23.0. The van der Waals surface area contributed by atoms with Gasteiger partial charge in [0.2, 0.25) is 0 Å². The smallest absolute Gasteiger partial charge is 0.159 e. The molecule has 2 heterocycles. The number of allylic oxidation sites excluding steroid dienone is 3. The second-order valence-electron chi connectivity index (χ2n) is 22.1. The predicted molar refractivity (Wildman–Crippen MR) is 226 cm³/mol. The van der Waals surface area contributed by atoms with Gasteiger partial charge in [0.25, 0.3) is 0 Å². The van der Waals surface area contributed by atoms with E-state index in [0.29, 0.717) is 24.2 Å². The highest BCUT2D eigenvalue weighted by Gasteiger charge is 2.75. The number of hydrogen-bond acceptors (Lipinski definition) is 8. The molecule has 7 nitrogen and oxygen atoms in total. The van der Waals surface area contributed by atoms with Crippen LogP contribution in [0.5, 0.6) is 0 Å². The maximum absolute atomic E-state index is 14.5. The third kappa shape index (κ3) is 5.14. The molecule has 57 heavy (non-hydrogen) atoms. The van der Waals surface area contributed by atoms with Crippen LogP contribution in [0.25, 0.3) is 0 Å². The lowest BCUT2D eigenvalue weighted by molar-refractivity contribution is -0.209. The Hall–Kier alpha value is -1.36. The summed E-state index contributed by atoms with van der Waals surface area (Å²) in [6.45, 7) is 9.62. The Kier molecular flexibility index (Phi) is 9.01. The number of carbonyl (C=O) groups is 1. The van der Waals surface area contributed by atoms with Crippen molar-refractivity contribution in [2.75, 3.05) is 11.5 Å². The van der Waals surface area contributed by atoms with Gasteiger partial charge >= 0.3 is 0 Å². The van der Waals surface area contributed by atoms with Gasteiger partial charge in [-0.3, -0.25) is 4.79 Å². The number of rotatable bonds is 1. The third-order valence-corrected chi connectivity index (χ3v) is 22.0. The Bertz CT molecular complexity index is 1920. The molecule has 7 fully saturated rings. The van der Waals surface area contributed by atoms with E-state index in [4.69, 9.17) is 0 Å². The summed E-state index contributed by atoms with van der Waals surface area (Å²) < 4.78 is 2.32. The molecule has 310 valence electrons. The minimum absolute atomic E-state index is 0.0104. The average molecular weight is 815 g/mol. The second-order valence-corrected chi connectivity index (χ2v) is 24.6. The number of imidazole rings is 1. The highest BCUT2D eigenvalue weighted by atomic mass is 33.1. The highest BCUT2D eigenvalue weighted by molar-refractivity contribution is 8.76. The second kappa shape index (κ2) is 13.3. The van der Waals surface area contributed by atoms with E-state index in [9.17, 15) is 25.2 Å². The fourth-order valence-electron chi connectivity index (χ4n) is 17.5. The van der Waals surface area contributed by atoms with E-state index in [-0.39, 0.29) is 58.7 Å². The fraction of sp³-hybridized carbons (Fsp3) is 0.792. The monoisotopic (exact) mass is 814 g/mol. The summed E-state index contributed by atoms with van der Waals surface area (Å²) in [6, 6.07) is 0.245. The van der Waals surface area contributed by atoms with Crippen molar-refractivity contribution in [3.8, 4) is 0 Å². The van der Waals surface area contributed by atoms with Gasteiger partial charge in [0.1, 0.15) is 0 Å². The molecule has 4 N–H and O–H groups in total. The van der Waals surface area contributed by atoms with Crippen LogP contribution in [-0.2, 0) is 4.79 Å². The maximum Gasteiger partial charge on any atom is 0.159 e. The molecule has 0 amide bonds. The molecule has 4 bridgehead atoms. The van der Waals surface area contributed by atoms with Crippen LogP contribution in [0.15, 0.2) is 52.7 Å². The molecule has 0 spiro atoms. The van der Waals surface area contributed by atoms with Gasteiger partial charge in [-0.1, -0.05) is 78.0 Å². The van der Waals surface area contributed by atoms with Crippen LogP contribution in [0.2, 0.25) is 0 Å². The molecular weight excluding hydrogens is 749 g/mol. The van der Waals surface area contributed by atoms with Gasteiger partial charge in [-0.25, -0.2) is 4.98 Å². The van der Waals surface area contributed by atoms with Crippen molar-refractivity contribution >= 4 is 27.4 Å². The van der Waals surface area contributed by atoms with Crippen molar-refractivity contribution in [3.63, 3.8) is 0 Å². The fourth-order valence-corrected chi connectivity index (χ4v) is 20.2. The Morgan fingerprint density at radius 1 is 0.860 bits per heavy atom. The van der Waals surface area contributed by atoms with E-state index in [1.54, 1.807) is 22.3 Å². The molecule has 10 aliphatic rings. The Morgan fingerprint density at radius 3 is 2.47 bits per heavy atom. The zero-order valence-electron chi connectivity index (χ0n) is 34.6. The minimum atomic E-state index is -1.18. The zero-order chi connectivity index (χ0) is 39.4. The summed E-state index contributed by atoms with van der Waals surface area (Å²) in [4.78, 5) is 19.0. The molecule has 0 radical (unpaired) electrons. The van der Waals surface area contributed by atoms with Crippen molar-refractivity contribution in [1.82, 2.24) is 9.55 Å². The number of nitrogens with zero attached hydrogens (tertiary/aromatic N) is 2. The lowest BCUT2D eigenvalue weighted by Crippen LogP contribution is -2.69. The Labute approximate surface area is 347 Å². The minimum Gasteiger partial charge on any atom is -0.392 e. The molecule has 0 aromatic carbocycles. The van der Waals surface area contributed by atoms with E-state index >= 15 is 0 Å². The summed E-state index contributed by atoms with van der Waals surface area (Å²) in [7, 11) is 3.84. The van der Waals surface area contributed by atoms with Gasteiger partial charge in [-0.2, -0.15) is 0 Å². The first-order chi connectivity index (χ1) is 27.3. The number of aromatic nitrogens is 2. The largest absolute Gasteiger partial charge is 0.392 e. The molecular formula is C48H66N2O5S2. The predicted octanol–water partition coefficient (Wildman–Crippen LogP) is 8.51. The zero-order valence-corrected chi connectivity index (χ0v) is 36.2. The molecule has 9 heteroatoms. The van der Waals surface area contributed by atoms with Crippen molar-refractivity contribution < 1.29 is 25.2 Å². The van der Waals surface area contributed by atoms with Crippen LogP contribution >= 0.6 is 21.6 Å². The summed E-state index contributed by atoms with van der Waals surface area (Å²) in [5, 5.41) is 50.1. The van der Waals surface area contributed by atoms with Gasteiger partial charge in [-0.05, 0) is 141 Å². The van der Waals surface area contributed by atoms with Crippen molar-refractivity contribution in [3.05, 3.63) is 52.7 Å². The van der Waals surface area contributed by atoms with E-state index in [2.05, 4.69) is 43.4 Å². The number of carbonyl (C=O) groups excluding carboxylic acids is 1. The molecule has 1 aliphatic heterocycles. The van der Waals surface area contributed by atoms with E-state index in [0.717, 1.165) is 62.0 Å². The molecule has 17 atom stereocenters. The summed E-state index contributed by atoms with van der Waals surface area (Å²) in [5.41, 5.74) is 5.26. The van der Waals surface area contributed by atoms with Crippen LogP contribution < -0.4 is 0 Å². The molecule has 9 aliphatic carbocycles. The molecule has 1 aromatic rings. The highest BCUT2D eigenvalue weighted by Crippen LogP contribution is 2.75. The topological polar surface area (TPSA) is 116 Å². The summed E-state index contributed by atoms with van der Waals surface area (Å²) >= 11 is 0. The number of hydrogen-bond donors (Lipinski definition) is 4. The van der Waals surface area contributed by atoms with Crippen LogP contribution in [0.4, 0.5) is 0 Å².